The molecule has 0 aliphatic carbocycles. The van der Waals surface area contributed by atoms with Gasteiger partial charge in [-0.15, -0.1) is 0 Å². The van der Waals surface area contributed by atoms with Gasteiger partial charge in [0.15, 0.2) is 0 Å². The molecule has 3 nitrogen and oxygen atoms in total. The summed E-state index contributed by atoms with van der Waals surface area (Å²) in [6.45, 7) is 9.02. The molecule has 0 saturated carbocycles. The van der Waals surface area contributed by atoms with E-state index in [1.165, 1.54) is 31.7 Å². The van der Waals surface area contributed by atoms with Crippen LogP contribution < -0.4 is 5.32 Å². The fraction of sp³-hybridized carbons (Fsp3) is 0.600. The van der Waals surface area contributed by atoms with Crippen molar-refractivity contribution in [1.29, 1.82) is 0 Å². The maximum atomic E-state index is 6.21. The first-order valence-electron chi connectivity index (χ1n) is 7.05. The smallest absolute Gasteiger partial charge is 0.0453 e. The molecule has 2 rings (SSSR count). The Kier molecular flexibility index (Phi) is 5.64. The van der Waals surface area contributed by atoms with Crippen LogP contribution in [0, 0.1) is 0 Å². The summed E-state index contributed by atoms with van der Waals surface area (Å²) in [5.41, 5.74) is 1.18. The summed E-state index contributed by atoms with van der Waals surface area (Å²) in [5.74, 6) is 0. The van der Waals surface area contributed by atoms with Gasteiger partial charge in [-0.1, -0.05) is 29.8 Å². The van der Waals surface area contributed by atoms with Crippen molar-refractivity contribution in [2.75, 3.05) is 46.3 Å². The second-order valence-electron chi connectivity index (χ2n) is 5.34. The Balaban J connectivity index is 1.72. The molecule has 1 aromatic rings. The van der Waals surface area contributed by atoms with Crippen LogP contribution >= 0.6 is 11.6 Å². The van der Waals surface area contributed by atoms with Gasteiger partial charge in [0.05, 0.1) is 0 Å². The largest absolute Gasteiger partial charge is 0.309 e. The minimum atomic E-state index is 0.307. The van der Waals surface area contributed by atoms with Crippen LogP contribution in [0.5, 0.6) is 0 Å². The summed E-state index contributed by atoms with van der Waals surface area (Å²) in [6.07, 6.45) is 0. The second-order valence-corrected chi connectivity index (χ2v) is 5.75. The average molecular weight is 282 g/mol. The molecule has 19 heavy (non-hydrogen) atoms. The van der Waals surface area contributed by atoms with E-state index in [1.807, 2.05) is 18.2 Å². The molecule has 1 aromatic carbocycles. The lowest BCUT2D eigenvalue weighted by Gasteiger charge is -2.32. The number of hydrogen-bond donors (Lipinski definition) is 1. The van der Waals surface area contributed by atoms with Crippen LogP contribution in [-0.4, -0.2) is 56.1 Å². The van der Waals surface area contributed by atoms with Crippen molar-refractivity contribution in [3.63, 3.8) is 0 Å². The van der Waals surface area contributed by atoms with Crippen molar-refractivity contribution in [2.24, 2.45) is 0 Å². The first-order valence-corrected chi connectivity index (χ1v) is 7.43. The molecule has 0 amide bonds. The Morgan fingerprint density at radius 1 is 1.21 bits per heavy atom. The fourth-order valence-corrected chi connectivity index (χ4v) is 2.75. The van der Waals surface area contributed by atoms with Crippen molar-refractivity contribution in [2.45, 2.75) is 13.0 Å². The summed E-state index contributed by atoms with van der Waals surface area (Å²) in [5, 5.41) is 4.41. The van der Waals surface area contributed by atoms with E-state index in [9.17, 15) is 0 Å². The Morgan fingerprint density at radius 2 is 1.89 bits per heavy atom. The predicted octanol–water partition coefficient (Wildman–Crippen LogP) is 2.24. The molecule has 0 aromatic heterocycles. The van der Waals surface area contributed by atoms with E-state index >= 15 is 0 Å². The summed E-state index contributed by atoms with van der Waals surface area (Å²) < 4.78 is 0. The molecule has 1 N–H and O–H groups in total. The zero-order valence-electron chi connectivity index (χ0n) is 11.9. The lowest BCUT2D eigenvalue weighted by atomic mass is 10.1. The van der Waals surface area contributed by atoms with Crippen LogP contribution in [0.2, 0.25) is 5.02 Å². The van der Waals surface area contributed by atoms with Gasteiger partial charge < -0.3 is 10.2 Å². The number of rotatable bonds is 5. The van der Waals surface area contributed by atoms with Crippen molar-refractivity contribution in [3.05, 3.63) is 34.9 Å². The van der Waals surface area contributed by atoms with Crippen molar-refractivity contribution in [1.82, 2.24) is 15.1 Å². The third-order valence-corrected chi connectivity index (χ3v) is 4.19. The van der Waals surface area contributed by atoms with Crippen molar-refractivity contribution in [3.8, 4) is 0 Å². The molecule has 106 valence electrons. The molecule has 1 fully saturated rings. The second kappa shape index (κ2) is 7.25. The Morgan fingerprint density at radius 3 is 2.58 bits per heavy atom. The monoisotopic (exact) mass is 281 g/mol. The number of halogens is 1. The van der Waals surface area contributed by atoms with E-state index in [4.69, 9.17) is 11.6 Å². The molecule has 1 saturated heterocycles. The van der Waals surface area contributed by atoms with Gasteiger partial charge in [0.2, 0.25) is 0 Å². The minimum Gasteiger partial charge on any atom is -0.309 e. The number of benzene rings is 1. The van der Waals surface area contributed by atoms with Gasteiger partial charge >= 0.3 is 0 Å². The molecular formula is C15H24ClN3. The third kappa shape index (κ3) is 4.46. The number of piperazine rings is 1. The van der Waals surface area contributed by atoms with Crippen LogP contribution in [0.3, 0.4) is 0 Å². The highest BCUT2D eigenvalue weighted by molar-refractivity contribution is 6.31. The fourth-order valence-electron chi connectivity index (χ4n) is 2.45. The number of nitrogens with one attached hydrogen (secondary N) is 1. The molecule has 4 heteroatoms. The SMILES string of the molecule is CC(NCCN1CCN(C)CC1)c1ccccc1Cl. The van der Waals surface area contributed by atoms with Crippen molar-refractivity contribution < 1.29 is 0 Å². The molecule has 1 unspecified atom stereocenters. The van der Waals surface area contributed by atoms with Crippen LogP contribution in [0.15, 0.2) is 24.3 Å². The normalized spacial score (nSPS) is 19.5. The highest BCUT2D eigenvalue weighted by Crippen LogP contribution is 2.21. The summed E-state index contributed by atoms with van der Waals surface area (Å²) in [7, 11) is 2.19. The standard InChI is InChI=1S/C15H24ClN3/c1-13(14-5-3-4-6-15(14)16)17-7-8-19-11-9-18(2)10-12-19/h3-6,13,17H,7-12H2,1-2H3. The van der Waals surface area contributed by atoms with Crippen LogP contribution in [0.4, 0.5) is 0 Å². The third-order valence-electron chi connectivity index (χ3n) is 3.85. The first kappa shape index (κ1) is 14.8. The van der Waals surface area contributed by atoms with E-state index in [0.717, 1.165) is 18.1 Å². The molecule has 1 aliphatic heterocycles. The average Bonchev–Trinajstić information content (AvgIpc) is 2.41. The maximum absolute atomic E-state index is 6.21. The van der Waals surface area contributed by atoms with E-state index in [0.29, 0.717) is 6.04 Å². The van der Waals surface area contributed by atoms with Gasteiger partial charge in [-0.2, -0.15) is 0 Å². The molecule has 1 heterocycles. The van der Waals surface area contributed by atoms with Gasteiger partial charge in [0.1, 0.15) is 0 Å². The number of hydrogen-bond acceptors (Lipinski definition) is 3. The van der Waals surface area contributed by atoms with E-state index in [-0.39, 0.29) is 0 Å². The van der Waals surface area contributed by atoms with E-state index < -0.39 is 0 Å². The Labute approximate surface area is 121 Å². The quantitative estimate of drug-likeness (QED) is 0.893. The highest BCUT2D eigenvalue weighted by Gasteiger charge is 2.14. The Hall–Kier alpha value is -0.610. The maximum Gasteiger partial charge on any atom is 0.0453 e. The summed E-state index contributed by atoms with van der Waals surface area (Å²) >= 11 is 6.21. The van der Waals surface area contributed by atoms with E-state index in [2.05, 4.69) is 35.2 Å². The molecule has 0 spiro atoms. The molecule has 0 radical (unpaired) electrons. The predicted molar refractivity (Wildman–Crippen MR) is 81.8 cm³/mol. The molecular weight excluding hydrogens is 258 g/mol. The molecule has 0 bridgehead atoms. The van der Waals surface area contributed by atoms with Gasteiger partial charge in [0, 0.05) is 50.3 Å². The van der Waals surface area contributed by atoms with Gasteiger partial charge in [-0.3, -0.25) is 4.90 Å². The minimum absolute atomic E-state index is 0.307. The van der Waals surface area contributed by atoms with Gasteiger partial charge in [-0.05, 0) is 25.6 Å². The topological polar surface area (TPSA) is 18.5 Å². The van der Waals surface area contributed by atoms with Crippen LogP contribution in [0.25, 0.3) is 0 Å². The highest BCUT2D eigenvalue weighted by atomic mass is 35.5. The molecule has 1 atom stereocenters. The van der Waals surface area contributed by atoms with Gasteiger partial charge in [-0.25, -0.2) is 0 Å². The summed E-state index contributed by atoms with van der Waals surface area (Å²) in [4.78, 5) is 4.91. The lowest BCUT2D eigenvalue weighted by Crippen LogP contribution is -2.46. The Bertz CT molecular complexity index is 389. The number of likely N-dealkylation sites (N-methyl/N-ethyl adjacent to an activating group) is 1. The van der Waals surface area contributed by atoms with Gasteiger partial charge in [0.25, 0.3) is 0 Å². The number of nitrogens with zero attached hydrogens (tertiary/aromatic N) is 2. The molecule has 1 aliphatic rings. The van der Waals surface area contributed by atoms with E-state index in [1.54, 1.807) is 0 Å². The van der Waals surface area contributed by atoms with Crippen LogP contribution in [0.1, 0.15) is 18.5 Å². The summed E-state index contributed by atoms with van der Waals surface area (Å²) in [6, 6.07) is 8.37. The zero-order valence-corrected chi connectivity index (χ0v) is 12.7. The van der Waals surface area contributed by atoms with Crippen LogP contribution in [-0.2, 0) is 0 Å². The first-order chi connectivity index (χ1) is 9.16. The van der Waals surface area contributed by atoms with Crippen molar-refractivity contribution >= 4 is 11.6 Å². The lowest BCUT2D eigenvalue weighted by molar-refractivity contribution is 0.154. The zero-order chi connectivity index (χ0) is 13.7.